The highest BCUT2D eigenvalue weighted by molar-refractivity contribution is 9.08. The molecule has 0 bridgehead atoms. The molecule has 0 atom stereocenters. The Bertz CT molecular complexity index is 350. The Kier molecular flexibility index (Phi) is 3.33. The number of carboxylic acids is 1. The van der Waals surface area contributed by atoms with Crippen molar-refractivity contribution in [3.63, 3.8) is 0 Å². The Morgan fingerprint density at radius 1 is 1.62 bits per heavy atom. The van der Waals surface area contributed by atoms with Gasteiger partial charge in [0, 0.05) is 10.4 Å². The molecule has 0 aromatic heterocycles. The van der Waals surface area contributed by atoms with E-state index in [1.165, 1.54) is 0 Å². The van der Waals surface area contributed by atoms with Gasteiger partial charge in [0.15, 0.2) is 0 Å². The highest BCUT2D eigenvalue weighted by Crippen LogP contribution is 2.25. The van der Waals surface area contributed by atoms with Gasteiger partial charge in [-0.2, -0.15) is 0 Å². The minimum absolute atomic E-state index is 0.259. The molecule has 0 amide bonds. The summed E-state index contributed by atoms with van der Waals surface area (Å²) in [6, 6.07) is 3.29. The molecule has 4 heteroatoms. The van der Waals surface area contributed by atoms with Crippen molar-refractivity contribution in [3.8, 4) is 0 Å². The fourth-order valence-electron chi connectivity index (χ4n) is 1.08. The van der Waals surface area contributed by atoms with Crippen LogP contribution in [0.2, 0.25) is 5.02 Å². The third-order valence-corrected chi connectivity index (χ3v) is 2.97. The smallest absolute Gasteiger partial charge is 0.336 e. The van der Waals surface area contributed by atoms with Crippen molar-refractivity contribution in [2.24, 2.45) is 0 Å². The third kappa shape index (κ3) is 2.03. The van der Waals surface area contributed by atoms with E-state index in [-0.39, 0.29) is 5.56 Å². The number of aromatic carboxylic acids is 1. The van der Waals surface area contributed by atoms with Crippen molar-refractivity contribution < 1.29 is 9.90 Å². The van der Waals surface area contributed by atoms with Crippen LogP contribution in [0, 0.1) is 6.92 Å². The van der Waals surface area contributed by atoms with E-state index in [0.29, 0.717) is 15.9 Å². The Morgan fingerprint density at radius 3 is 2.69 bits per heavy atom. The number of halogens is 2. The van der Waals surface area contributed by atoms with Crippen molar-refractivity contribution >= 4 is 33.5 Å². The van der Waals surface area contributed by atoms with E-state index in [0.717, 1.165) is 5.56 Å². The number of hydrogen-bond acceptors (Lipinski definition) is 1. The van der Waals surface area contributed by atoms with Gasteiger partial charge in [-0.25, -0.2) is 4.79 Å². The zero-order valence-electron chi connectivity index (χ0n) is 6.97. The normalized spacial score (nSPS) is 10.1. The molecule has 0 unspecified atom stereocenters. The molecule has 0 saturated heterocycles. The lowest BCUT2D eigenvalue weighted by molar-refractivity contribution is 0.0696. The number of benzene rings is 1. The molecule has 0 fully saturated rings. The van der Waals surface area contributed by atoms with Crippen LogP contribution >= 0.6 is 27.5 Å². The van der Waals surface area contributed by atoms with Gasteiger partial charge >= 0.3 is 5.97 Å². The summed E-state index contributed by atoms with van der Waals surface area (Å²) in [5.41, 5.74) is 1.78. The summed E-state index contributed by atoms with van der Waals surface area (Å²) in [4.78, 5) is 10.7. The molecule has 0 aliphatic rings. The monoisotopic (exact) mass is 262 g/mol. The first kappa shape index (κ1) is 10.5. The average molecular weight is 264 g/mol. The summed E-state index contributed by atoms with van der Waals surface area (Å²) in [6.07, 6.45) is 0. The molecule has 1 aromatic carbocycles. The summed E-state index contributed by atoms with van der Waals surface area (Å²) >= 11 is 9.22. The van der Waals surface area contributed by atoms with Gasteiger partial charge in [-0.1, -0.05) is 33.6 Å². The van der Waals surface area contributed by atoms with Crippen LogP contribution in [0.4, 0.5) is 0 Å². The molecular weight excluding hydrogens is 255 g/mol. The maximum Gasteiger partial charge on any atom is 0.336 e. The second-order valence-corrected chi connectivity index (χ2v) is 3.59. The van der Waals surface area contributed by atoms with E-state index in [1.54, 1.807) is 19.1 Å². The van der Waals surface area contributed by atoms with Gasteiger partial charge in [-0.3, -0.25) is 0 Å². The number of carboxylic acid groups (broad SMARTS) is 1. The van der Waals surface area contributed by atoms with Crippen LogP contribution in [0.5, 0.6) is 0 Å². The number of rotatable bonds is 2. The zero-order chi connectivity index (χ0) is 10.0. The molecule has 0 radical (unpaired) electrons. The molecule has 1 aromatic rings. The minimum atomic E-state index is -0.944. The van der Waals surface area contributed by atoms with E-state index >= 15 is 0 Å². The van der Waals surface area contributed by atoms with Gasteiger partial charge in [0.1, 0.15) is 0 Å². The molecule has 0 aliphatic heterocycles. The van der Waals surface area contributed by atoms with E-state index in [9.17, 15) is 4.79 Å². The molecule has 2 nitrogen and oxygen atoms in total. The fourth-order valence-corrected chi connectivity index (χ4v) is 1.94. The standard InChI is InChI=1S/C9H8BrClO2/c1-5-7(9(12)13)3-2-6(4-10)8(5)11/h2-3H,4H2,1H3,(H,12,13). The van der Waals surface area contributed by atoms with Crippen LogP contribution in [0.1, 0.15) is 21.5 Å². The maximum atomic E-state index is 10.7. The van der Waals surface area contributed by atoms with Gasteiger partial charge in [0.05, 0.1) is 5.56 Å². The second-order valence-electron chi connectivity index (χ2n) is 2.65. The van der Waals surface area contributed by atoms with Crippen molar-refractivity contribution in [2.75, 3.05) is 0 Å². The molecule has 70 valence electrons. The van der Waals surface area contributed by atoms with Gasteiger partial charge in [0.2, 0.25) is 0 Å². The number of carbonyl (C=O) groups is 1. The van der Waals surface area contributed by atoms with Gasteiger partial charge in [0.25, 0.3) is 0 Å². The van der Waals surface area contributed by atoms with Crippen LogP contribution in [0.3, 0.4) is 0 Å². The van der Waals surface area contributed by atoms with Gasteiger partial charge < -0.3 is 5.11 Å². The summed E-state index contributed by atoms with van der Waals surface area (Å²) in [6.45, 7) is 1.71. The lowest BCUT2D eigenvalue weighted by atomic mass is 10.1. The second kappa shape index (κ2) is 4.11. The van der Waals surface area contributed by atoms with Crippen molar-refractivity contribution in [1.29, 1.82) is 0 Å². The summed E-state index contributed by atoms with van der Waals surface area (Å²) in [7, 11) is 0. The highest BCUT2D eigenvalue weighted by atomic mass is 79.9. The van der Waals surface area contributed by atoms with Crippen LogP contribution < -0.4 is 0 Å². The van der Waals surface area contributed by atoms with E-state index < -0.39 is 5.97 Å². The van der Waals surface area contributed by atoms with Crippen LogP contribution in [0.25, 0.3) is 0 Å². The third-order valence-electron chi connectivity index (χ3n) is 1.84. The molecule has 0 saturated carbocycles. The maximum absolute atomic E-state index is 10.7. The van der Waals surface area contributed by atoms with Gasteiger partial charge in [-0.05, 0) is 24.1 Å². The Hall–Kier alpha value is -0.540. The van der Waals surface area contributed by atoms with Crippen molar-refractivity contribution in [3.05, 3.63) is 33.8 Å². The summed E-state index contributed by atoms with van der Waals surface area (Å²) < 4.78 is 0. The molecule has 1 N–H and O–H groups in total. The first-order chi connectivity index (χ1) is 6.07. The van der Waals surface area contributed by atoms with Crippen molar-refractivity contribution in [2.45, 2.75) is 12.3 Å². The predicted octanol–water partition coefficient (Wildman–Crippen LogP) is 3.24. The molecule has 1 rings (SSSR count). The Labute approximate surface area is 89.7 Å². The molecule has 0 aliphatic carbocycles. The Morgan fingerprint density at radius 2 is 2.23 bits per heavy atom. The summed E-state index contributed by atoms with van der Waals surface area (Å²) in [5, 5.41) is 9.94. The topological polar surface area (TPSA) is 37.3 Å². The quantitative estimate of drug-likeness (QED) is 0.832. The average Bonchev–Trinajstić information content (AvgIpc) is 2.09. The Balaban J connectivity index is 3.31. The zero-order valence-corrected chi connectivity index (χ0v) is 9.32. The van der Waals surface area contributed by atoms with Crippen LogP contribution in [-0.4, -0.2) is 11.1 Å². The van der Waals surface area contributed by atoms with Crippen LogP contribution in [-0.2, 0) is 5.33 Å². The van der Waals surface area contributed by atoms with E-state index in [4.69, 9.17) is 16.7 Å². The van der Waals surface area contributed by atoms with E-state index in [1.807, 2.05) is 0 Å². The fraction of sp³-hybridized carbons (Fsp3) is 0.222. The molecule has 0 heterocycles. The number of alkyl halides is 1. The lowest BCUT2D eigenvalue weighted by Gasteiger charge is -2.06. The molecule has 0 spiro atoms. The van der Waals surface area contributed by atoms with E-state index in [2.05, 4.69) is 15.9 Å². The predicted molar refractivity (Wildman–Crippen MR) is 55.8 cm³/mol. The van der Waals surface area contributed by atoms with Crippen LogP contribution in [0.15, 0.2) is 12.1 Å². The minimum Gasteiger partial charge on any atom is -0.478 e. The molecule has 13 heavy (non-hydrogen) atoms. The number of hydrogen-bond donors (Lipinski definition) is 1. The van der Waals surface area contributed by atoms with Gasteiger partial charge in [-0.15, -0.1) is 0 Å². The van der Waals surface area contributed by atoms with Crippen molar-refractivity contribution in [1.82, 2.24) is 0 Å². The summed E-state index contributed by atoms with van der Waals surface area (Å²) in [5.74, 6) is -0.944. The first-order valence-electron chi connectivity index (χ1n) is 3.65. The first-order valence-corrected chi connectivity index (χ1v) is 5.15. The molecular formula is C9H8BrClO2. The SMILES string of the molecule is Cc1c(C(=O)O)ccc(CBr)c1Cl. The highest BCUT2D eigenvalue weighted by Gasteiger charge is 2.11. The lowest BCUT2D eigenvalue weighted by Crippen LogP contribution is -2.01. The largest absolute Gasteiger partial charge is 0.478 e.